The van der Waals surface area contributed by atoms with Crippen molar-refractivity contribution in [3.8, 4) is 0 Å². The molecule has 1 fully saturated rings. The highest BCUT2D eigenvalue weighted by Gasteiger charge is 2.27. The maximum atomic E-state index is 11.2. The number of ether oxygens (including phenoxy) is 1. The summed E-state index contributed by atoms with van der Waals surface area (Å²) < 4.78 is 4.39. The van der Waals surface area contributed by atoms with Crippen LogP contribution in [0.1, 0.15) is 32.1 Å². The van der Waals surface area contributed by atoms with Gasteiger partial charge in [-0.15, -0.1) is 0 Å². The molecule has 0 heterocycles. The molecular weight excluding hydrogens is 236 g/mol. The van der Waals surface area contributed by atoms with E-state index < -0.39 is 18.7 Å². The topological polar surface area (TPSA) is 83.8 Å². The molecule has 0 aromatic heterocycles. The molecule has 1 aliphatic carbocycles. The summed E-state index contributed by atoms with van der Waals surface area (Å²) in [6, 6.07) is 0. The van der Waals surface area contributed by atoms with Crippen LogP contribution in [0.25, 0.3) is 0 Å². The summed E-state index contributed by atoms with van der Waals surface area (Å²) >= 11 is 0. The summed E-state index contributed by atoms with van der Waals surface area (Å²) in [5, 5.41) is 17.1. The Bertz CT molecular complexity index is 350. The molecule has 1 rings (SSSR count). The average Bonchev–Trinajstić information content (AvgIpc) is 2.36. The van der Waals surface area contributed by atoms with E-state index in [0.717, 1.165) is 38.2 Å². The predicted octanol–water partition coefficient (Wildman–Crippen LogP) is 1.63. The molecule has 0 aliphatic heterocycles. The van der Waals surface area contributed by atoms with Crippen LogP contribution in [0.4, 0.5) is 0 Å². The van der Waals surface area contributed by atoms with E-state index in [4.69, 9.17) is 10.2 Å². The highest BCUT2D eigenvalue weighted by Crippen LogP contribution is 2.39. The third kappa shape index (κ3) is 4.71. The number of carbonyl (C=O) groups is 2. The molecule has 5 heteroatoms. The highest BCUT2D eigenvalue weighted by atomic mass is 16.6. The number of aliphatic carboxylic acids is 1. The quantitative estimate of drug-likeness (QED) is 0.442. The predicted molar refractivity (Wildman–Crippen MR) is 64.6 cm³/mol. The zero-order valence-corrected chi connectivity index (χ0v) is 10.2. The number of allylic oxidation sites excluding steroid dienone is 2. The number of carboxylic acid groups (broad SMARTS) is 1. The fourth-order valence-electron chi connectivity index (χ4n) is 2.18. The van der Waals surface area contributed by atoms with Crippen LogP contribution in [0.2, 0.25) is 0 Å². The minimum absolute atomic E-state index is 0.384. The van der Waals surface area contributed by atoms with E-state index in [9.17, 15) is 9.59 Å². The number of carbonyl (C=O) groups excluding carboxylic acids is 1. The Kier molecular flexibility index (Phi) is 5.58. The van der Waals surface area contributed by atoms with Gasteiger partial charge in [-0.25, -0.2) is 9.59 Å². The maximum Gasteiger partial charge on any atom is 0.332 e. The van der Waals surface area contributed by atoms with Gasteiger partial charge in [-0.3, -0.25) is 0 Å². The van der Waals surface area contributed by atoms with E-state index in [0.29, 0.717) is 0 Å². The van der Waals surface area contributed by atoms with Gasteiger partial charge in [0.2, 0.25) is 0 Å². The number of aliphatic hydroxyl groups is 1. The fourth-order valence-corrected chi connectivity index (χ4v) is 2.18. The van der Waals surface area contributed by atoms with Gasteiger partial charge >= 0.3 is 11.9 Å². The molecule has 0 spiro atoms. The van der Waals surface area contributed by atoms with Crippen molar-refractivity contribution >= 4 is 11.9 Å². The van der Waals surface area contributed by atoms with Crippen LogP contribution >= 0.6 is 0 Å². The second-order valence-corrected chi connectivity index (χ2v) is 4.39. The Morgan fingerprint density at radius 1 is 1.11 bits per heavy atom. The van der Waals surface area contributed by atoms with Crippen molar-refractivity contribution < 1.29 is 24.5 Å². The summed E-state index contributed by atoms with van der Waals surface area (Å²) in [6.45, 7) is -0.652. The molecule has 0 atom stereocenters. The van der Waals surface area contributed by atoms with E-state index in [1.807, 2.05) is 0 Å². The van der Waals surface area contributed by atoms with Crippen molar-refractivity contribution in [1.82, 2.24) is 0 Å². The van der Waals surface area contributed by atoms with Crippen molar-refractivity contribution in [3.63, 3.8) is 0 Å². The molecule has 0 aromatic rings. The van der Waals surface area contributed by atoms with Crippen molar-refractivity contribution in [3.05, 3.63) is 24.3 Å². The lowest BCUT2D eigenvalue weighted by molar-refractivity contribution is -0.145. The smallest absolute Gasteiger partial charge is 0.332 e. The van der Waals surface area contributed by atoms with Gasteiger partial charge in [0.25, 0.3) is 0 Å². The van der Waals surface area contributed by atoms with Crippen LogP contribution in [-0.2, 0) is 14.3 Å². The molecule has 1 saturated carbocycles. The summed E-state index contributed by atoms with van der Waals surface area (Å²) in [6.07, 6.45) is 10.5. The molecule has 100 valence electrons. The summed E-state index contributed by atoms with van der Waals surface area (Å²) in [5.74, 6) is -1.61. The monoisotopic (exact) mass is 254 g/mol. The van der Waals surface area contributed by atoms with Crippen LogP contribution in [-0.4, -0.2) is 28.9 Å². The van der Waals surface area contributed by atoms with Crippen LogP contribution in [0, 0.1) is 5.41 Å². The molecule has 5 nitrogen and oxygen atoms in total. The first-order chi connectivity index (χ1) is 8.58. The Hall–Kier alpha value is -1.62. The van der Waals surface area contributed by atoms with Gasteiger partial charge in [-0.05, 0) is 12.8 Å². The van der Waals surface area contributed by atoms with Crippen LogP contribution in [0.15, 0.2) is 24.3 Å². The van der Waals surface area contributed by atoms with Crippen molar-refractivity contribution in [2.24, 2.45) is 5.41 Å². The van der Waals surface area contributed by atoms with E-state index in [-0.39, 0.29) is 5.41 Å². The Balaban J connectivity index is 2.77. The molecule has 0 radical (unpaired) electrons. The first kappa shape index (κ1) is 14.4. The number of esters is 1. The van der Waals surface area contributed by atoms with Gasteiger partial charge < -0.3 is 14.9 Å². The van der Waals surface area contributed by atoms with Crippen molar-refractivity contribution in [1.29, 1.82) is 0 Å². The van der Waals surface area contributed by atoms with E-state index in [1.165, 1.54) is 6.08 Å². The normalized spacial score (nSPS) is 19.2. The largest absolute Gasteiger partial charge is 0.478 e. The summed E-state index contributed by atoms with van der Waals surface area (Å²) in [7, 11) is 0. The Labute approximate surface area is 106 Å². The minimum atomic E-state index is -0.994. The number of aliphatic hydroxyl groups excluding tert-OH is 1. The number of carboxylic acids is 1. The van der Waals surface area contributed by atoms with Gasteiger partial charge in [-0.2, -0.15) is 0 Å². The van der Waals surface area contributed by atoms with E-state index >= 15 is 0 Å². The molecular formula is C13H18O5. The zero-order chi connectivity index (χ0) is 13.4. The fraction of sp³-hybridized carbons (Fsp3) is 0.538. The third-order valence-corrected chi connectivity index (χ3v) is 3.10. The standard InChI is InChI=1S/C13H18O5/c14-10-18-12(17)5-9-13(8-4-11(15)16)6-2-1-3-7-13/h4-5,8-9,14H,1-3,6-7,10H2,(H,15,16). The number of rotatable bonds is 5. The van der Waals surface area contributed by atoms with Crippen LogP contribution < -0.4 is 0 Å². The SMILES string of the molecule is O=C(O)C=CC1(C=CC(=O)OCO)CCCCC1. The second-order valence-electron chi connectivity index (χ2n) is 4.39. The third-order valence-electron chi connectivity index (χ3n) is 3.10. The van der Waals surface area contributed by atoms with E-state index in [1.54, 1.807) is 12.2 Å². The first-order valence-electron chi connectivity index (χ1n) is 5.97. The minimum Gasteiger partial charge on any atom is -0.478 e. The zero-order valence-electron chi connectivity index (χ0n) is 10.2. The number of hydrogen-bond donors (Lipinski definition) is 2. The lowest BCUT2D eigenvalue weighted by Crippen LogP contribution is -2.20. The molecule has 0 aromatic carbocycles. The Morgan fingerprint density at radius 2 is 1.72 bits per heavy atom. The first-order valence-corrected chi connectivity index (χ1v) is 5.97. The highest BCUT2D eigenvalue weighted by molar-refractivity contribution is 5.82. The Morgan fingerprint density at radius 3 is 2.28 bits per heavy atom. The van der Waals surface area contributed by atoms with Gasteiger partial charge in [0, 0.05) is 17.6 Å². The van der Waals surface area contributed by atoms with Gasteiger partial charge in [-0.1, -0.05) is 31.4 Å². The van der Waals surface area contributed by atoms with Crippen molar-refractivity contribution in [2.45, 2.75) is 32.1 Å². The lowest BCUT2D eigenvalue weighted by atomic mass is 9.73. The van der Waals surface area contributed by atoms with Crippen LogP contribution in [0.3, 0.4) is 0 Å². The maximum absolute atomic E-state index is 11.2. The second kappa shape index (κ2) is 6.96. The van der Waals surface area contributed by atoms with E-state index in [2.05, 4.69) is 4.74 Å². The van der Waals surface area contributed by atoms with Gasteiger partial charge in [0.15, 0.2) is 6.79 Å². The molecule has 1 aliphatic rings. The molecule has 0 amide bonds. The van der Waals surface area contributed by atoms with Gasteiger partial charge in [0.1, 0.15) is 0 Å². The molecule has 2 N–H and O–H groups in total. The summed E-state index contributed by atoms with van der Waals surface area (Å²) in [5.41, 5.74) is -0.384. The molecule has 0 unspecified atom stereocenters. The molecule has 0 bridgehead atoms. The average molecular weight is 254 g/mol. The van der Waals surface area contributed by atoms with Gasteiger partial charge in [0.05, 0.1) is 0 Å². The molecule has 0 saturated heterocycles. The molecule has 18 heavy (non-hydrogen) atoms. The number of hydrogen-bond acceptors (Lipinski definition) is 4. The summed E-state index contributed by atoms with van der Waals surface area (Å²) in [4.78, 5) is 21.7. The van der Waals surface area contributed by atoms with Crippen LogP contribution in [0.5, 0.6) is 0 Å². The van der Waals surface area contributed by atoms with Crippen molar-refractivity contribution in [2.75, 3.05) is 6.79 Å². The lowest BCUT2D eigenvalue weighted by Gasteiger charge is -2.31.